The Morgan fingerprint density at radius 1 is 0.627 bits per heavy atom. The van der Waals surface area contributed by atoms with Crippen LogP contribution in [0, 0.1) is 5.92 Å². The quantitative estimate of drug-likeness (QED) is 0.0206. The second-order valence-electron chi connectivity index (χ2n) is 26.4. The first-order valence-electron chi connectivity index (χ1n) is 36.1. The van der Waals surface area contributed by atoms with E-state index in [1.807, 2.05) is 0 Å². The van der Waals surface area contributed by atoms with E-state index in [1.165, 1.54) is 25.7 Å². The van der Waals surface area contributed by atoms with Crippen LogP contribution in [-0.2, 0) is 63.9 Å². The molecule has 2 unspecified atom stereocenters. The molecule has 1 aliphatic rings. The highest BCUT2D eigenvalue weighted by Gasteiger charge is 2.38. The molecule has 1 fully saturated rings. The Bertz CT molecular complexity index is 4020. The van der Waals surface area contributed by atoms with Gasteiger partial charge in [0.1, 0.15) is 67.0 Å². The van der Waals surface area contributed by atoms with Crippen molar-refractivity contribution in [1.82, 2.24) is 78.6 Å². The molecule has 0 spiro atoms. The second-order valence-corrected chi connectivity index (χ2v) is 27.5. The van der Waals surface area contributed by atoms with Crippen molar-refractivity contribution in [2.75, 3.05) is 52.9 Å². The van der Waals surface area contributed by atoms with Crippen LogP contribution in [0.5, 0.6) is 0 Å². The van der Waals surface area contributed by atoms with Gasteiger partial charge in [-0.25, -0.2) is 4.79 Å². The average molecular weight is 1550 g/mol. The van der Waals surface area contributed by atoms with Crippen LogP contribution in [0.15, 0.2) is 107 Å². The molecular formula is C73H102N20O16S. The van der Waals surface area contributed by atoms with Crippen LogP contribution in [0.3, 0.4) is 0 Å². The second kappa shape index (κ2) is 44.6. The Balaban J connectivity index is 1.21. The molecule has 3 heterocycles. The molecule has 36 nitrogen and oxygen atoms in total. The number of aliphatic hydroxyl groups is 2. The predicted octanol–water partition coefficient (Wildman–Crippen LogP) is -3.35. The summed E-state index contributed by atoms with van der Waals surface area (Å²) in [5.74, 6) is -11.3. The minimum atomic E-state index is -1.86. The van der Waals surface area contributed by atoms with Gasteiger partial charge in [0.15, 0.2) is 0 Å². The van der Waals surface area contributed by atoms with Gasteiger partial charge in [0.05, 0.1) is 41.1 Å². The van der Waals surface area contributed by atoms with Crippen LogP contribution in [0.4, 0.5) is 4.79 Å². The summed E-state index contributed by atoms with van der Waals surface area (Å²) in [6.07, 6.45) is -1.67. The van der Waals surface area contributed by atoms with Crippen molar-refractivity contribution in [3.63, 3.8) is 0 Å². The number of amides is 12. The maximum atomic E-state index is 14.7. The number of carbonyl (C=O) groups is 13. The summed E-state index contributed by atoms with van der Waals surface area (Å²) < 4.78 is 6.58. The molecule has 1 aliphatic heterocycles. The molecule has 1 saturated heterocycles. The summed E-state index contributed by atoms with van der Waals surface area (Å²) in [6.45, 7) is 3.79. The van der Waals surface area contributed by atoms with E-state index in [9.17, 15) is 72.5 Å². The maximum Gasteiger partial charge on any atom is 0.435 e. The van der Waals surface area contributed by atoms with Crippen molar-refractivity contribution in [2.45, 2.75) is 168 Å². The van der Waals surface area contributed by atoms with Gasteiger partial charge in [0.25, 0.3) is 5.91 Å². The van der Waals surface area contributed by atoms with Crippen LogP contribution >= 0.6 is 11.8 Å². The fraction of sp³-hybridized carbons (Fsp3) is 0.466. The zero-order valence-electron chi connectivity index (χ0n) is 62.0. The molecule has 110 heavy (non-hydrogen) atoms. The number of aliphatic hydroxyl groups excluding tert-OH is 2. The van der Waals surface area contributed by atoms with E-state index in [0.29, 0.717) is 43.2 Å². The zero-order chi connectivity index (χ0) is 80.6. The monoisotopic (exact) mass is 1550 g/mol. The number of ether oxygens (including phenoxy) is 1. The van der Waals surface area contributed by atoms with Crippen molar-refractivity contribution in [1.29, 1.82) is 0 Å². The molecule has 0 radical (unpaired) electrons. The SMILES string of the molecule is CNC(=O)c1ccccc1Sc1ccc2c(/C=C/c3ccccn3)nn(C(=O)OCCC(=O)N[C@H](CCN)C(=O)N[C@H](C(=O)N[C@H](CCN)C(=O)N[C@@H]3CCNC(=O)[C@H](C(C)O)NC(=O)[C@H](CCN)NC(=O)C(CCN)NC(=O)[C@H](CC(C)C)NC(=O)[C@H](Cc4ccccc4)NC(=O)[C@H](CCN)NC3=O)[C@H](C)O)c2c1. The normalized spacial score (nSPS) is 20.0. The topological polar surface area (TPSA) is 577 Å². The van der Waals surface area contributed by atoms with Gasteiger partial charge in [-0.3, -0.25) is 62.5 Å². The zero-order valence-corrected chi connectivity index (χ0v) is 62.8. The van der Waals surface area contributed by atoms with Gasteiger partial charge in [-0.2, -0.15) is 9.78 Å². The highest BCUT2D eigenvalue weighted by molar-refractivity contribution is 7.99. The summed E-state index contributed by atoms with van der Waals surface area (Å²) >= 11 is 1.27. The number of benzene rings is 3. The molecule has 5 aromatic rings. The minimum Gasteiger partial charge on any atom is -0.447 e. The Labute approximate surface area is 640 Å². The molecule has 37 heteroatoms. The van der Waals surface area contributed by atoms with E-state index in [0.717, 1.165) is 11.6 Å². The number of hydrogen-bond donors (Lipinski definition) is 19. The summed E-state index contributed by atoms with van der Waals surface area (Å²) in [5.41, 5.74) is 31.9. The van der Waals surface area contributed by atoms with E-state index in [-0.39, 0.29) is 89.5 Å². The van der Waals surface area contributed by atoms with Crippen molar-refractivity contribution in [3.05, 3.63) is 120 Å². The van der Waals surface area contributed by atoms with E-state index < -0.39 is 170 Å². The molecule has 0 aliphatic carbocycles. The highest BCUT2D eigenvalue weighted by atomic mass is 32.2. The number of nitrogens with zero attached hydrogens (tertiary/aromatic N) is 3. The smallest absolute Gasteiger partial charge is 0.435 e. The molecule has 596 valence electrons. The van der Waals surface area contributed by atoms with Crippen molar-refractivity contribution in [2.24, 2.45) is 34.6 Å². The maximum absolute atomic E-state index is 14.7. The third-order valence-electron chi connectivity index (χ3n) is 17.3. The number of nitrogens with one attached hydrogen (secondary N) is 12. The molecule has 3 aromatic carbocycles. The Kier molecular flexibility index (Phi) is 35.7. The van der Waals surface area contributed by atoms with Crippen LogP contribution in [-0.4, -0.2) is 228 Å². The number of pyridine rings is 1. The van der Waals surface area contributed by atoms with E-state index in [1.54, 1.807) is 123 Å². The molecule has 24 N–H and O–H groups in total. The summed E-state index contributed by atoms with van der Waals surface area (Å²) in [5, 5.41) is 57.5. The van der Waals surface area contributed by atoms with Crippen LogP contribution in [0.1, 0.15) is 106 Å². The van der Waals surface area contributed by atoms with E-state index in [4.69, 9.17) is 33.4 Å². The standard InChI is InChI=1S/C73H102N20O16S/c1-40(2)37-55-69(104)85-50(23-30-75)63(98)84-53(26-33-78)68(103)90-60(41(3)94)71(106)81-35-27-54(66(101)83-51(24-31-76)65(100)89-56(70(105)88-55)38-43-13-7-6-8-14-43)86-64(99)52(25-32-77)87-72(107)61(42(4)95)91-67(102)49(22-29-74)82-59(96)28-36-109-73(108)93-57-39-45(110-58-17-10-9-16-47(58)62(97)79-5)19-20-46(57)48(92-93)21-18-44-15-11-12-34-80-44/h6-21,34,39-42,49-56,60-61,94-95H,22-33,35-38,74-78H2,1-5H3,(H,79,97)(H,81,106)(H,82,96)(H,83,101)(H,84,98)(H,85,104)(H,86,99)(H,87,107)(H,88,105)(H,89,100)(H,90,103)(H,91,102)/b21-18+/t41?,42-,49+,50?,51-,52+,53-,54+,55-,56-,60-,61-/m0/s1. The van der Waals surface area contributed by atoms with Gasteiger partial charge in [-0.15, -0.1) is 0 Å². The first-order chi connectivity index (χ1) is 52.6. The minimum absolute atomic E-state index is 0.0176. The number of hydrogen-bond acceptors (Lipinski definition) is 24. The number of rotatable bonds is 31. The van der Waals surface area contributed by atoms with Crippen molar-refractivity contribution in [3.8, 4) is 0 Å². The van der Waals surface area contributed by atoms with Gasteiger partial charge in [-0.1, -0.05) is 74.1 Å². The van der Waals surface area contributed by atoms with Crippen LogP contribution < -0.4 is 92.5 Å². The average Bonchev–Trinajstić information content (AvgIpc) is 1.62. The lowest BCUT2D eigenvalue weighted by Gasteiger charge is -2.29. The lowest BCUT2D eigenvalue weighted by molar-refractivity contribution is -0.137. The van der Waals surface area contributed by atoms with Gasteiger partial charge in [0, 0.05) is 41.4 Å². The van der Waals surface area contributed by atoms with Gasteiger partial charge >= 0.3 is 6.09 Å². The molecular weight excluding hydrogens is 1440 g/mol. The lowest BCUT2D eigenvalue weighted by Crippen LogP contribution is -2.62. The predicted molar refractivity (Wildman–Crippen MR) is 406 cm³/mol. The molecule has 6 rings (SSSR count). The van der Waals surface area contributed by atoms with E-state index in [2.05, 4.69) is 73.9 Å². The van der Waals surface area contributed by atoms with Crippen LogP contribution in [0.2, 0.25) is 0 Å². The van der Waals surface area contributed by atoms with E-state index >= 15 is 0 Å². The largest absolute Gasteiger partial charge is 0.447 e. The van der Waals surface area contributed by atoms with Gasteiger partial charge < -0.3 is 107 Å². The van der Waals surface area contributed by atoms with Gasteiger partial charge in [-0.05, 0) is 158 Å². The highest BCUT2D eigenvalue weighted by Crippen LogP contribution is 2.34. The first kappa shape index (κ1) is 88.1. The van der Waals surface area contributed by atoms with Gasteiger partial charge in [0.2, 0.25) is 65.0 Å². The third-order valence-corrected chi connectivity index (χ3v) is 18.4. The van der Waals surface area contributed by atoms with Crippen molar-refractivity contribution >= 4 is 112 Å². The molecule has 2 aromatic heterocycles. The fourth-order valence-electron chi connectivity index (χ4n) is 11.5. The Morgan fingerprint density at radius 2 is 1.20 bits per heavy atom. The third kappa shape index (κ3) is 26.8. The first-order valence-corrected chi connectivity index (χ1v) is 36.9. The Morgan fingerprint density at radius 3 is 1.79 bits per heavy atom. The molecule has 12 amide bonds. The number of fused-ring (bicyclic) bond motifs is 1. The number of aromatic nitrogens is 3. The Hall–Kier alpha value is -10.8. The molecule has 0 saturated carbocycles. The fourth-order valence-corrected chi connectivity index (χ4v) is 12.5. The van der Waals surface area contributed by atoms with Crippen LogP contribution in [0.25, 0.3) is 23.1 Å². The summed E-state index contributed by atoms with van der Waals surface area (Å²) in [4.78, 5) is 189. The lowest BCUT2D eigenvalue weighted by atomic mass is 10.00. The molecule has 12 atom stereocenters. The number of carbonyl (C=O) groups excluding carboxylic acids is 13. The van der Waals surface area contributed by atoms with Crippen molar-refractivity contribution < 1.29 is 77.3 Å². The summed E-state index contributed by atoms with van der Waals surface area (Å²) in [6, 6.07) is 10.4. The molecule has 0 bridgehead atoms. The number of nitrogens with two attached hydrogens (primary N) is 5. The summed E-state index contributed by atoms with van der Waals surface area (Å²) in [7, 11) is 1.52.